The molecule has 1 N–H and O–H groups in total. The second-order valence-corrected chi connectivity index (χ2v) is 5.46. The number of halogens is 2. The molecule has 0 saturated carbocycles. The number of nitrogens with one attached hydrogen (secondary N) is 1. The highest BCUT2D eigenvalue weighted by Crippen LogP contribution is 2.26. The maximum absolute atomic E-state index is 5.91. The van der Waals surface area contributed by atoms with E-state index in [0.717, 1.165) is 39.5 Å². The molecule has 20 heavy (non-hydrogen) atoms. The summed E-state index contributed by atoms with van der Waals surface area (Å²) in [7, 11) is 0. The predicted molar refractivity (Wildman–Crippen MR) is 79.2 cm³/mol. The molecule has 1 aliphatic heterocycles. The van der Waals surface area contributed by atoms with Gasteiger partial charge >= 0.3 is 0 Å². The van der Waals surface area contributed by atoms with Crippen LogP contribution in [0, 0.1) is 0 Å². The second-order valence-electron chi connectivity index (χ2n) is 4.65. The molecule has 0 radical (unpaired) electrons. The van der Waals surface area contributed by atoms with Gasteiger partial charge in [0.25, 0.3) is 0 Å². The van der Waals surface area contributed by atoms with Gasteiger partial charge < -0.3 is 19.1 Å². The fourth-order valence-corrected chi connectivity index (χ4v) is 2.30. The van der Waals surface area contributed by atoms with Gasteiger partial charge in [0.15, 0.2) is 0 Å². The van der Waals surface area contributed by atoms with Crippen LogP contribution in [0.15, 0.2) is 18.2 Å². The van der Waals surface area contributed by atoms with E-state index in [1.807, 2.05) is 0 Å². The van der Waals surface area contributed by atoms with Gasteiger partial charge in [0.05, 0.1) is 36.5 Å². The standard InChI is InChI=1S/C14H19Cl2NO3/c15-13-2-1-12(11-14(13)16)20-10-9-19-8-5-17-3-6-18-7-4-17/h1-2,11H,3-10H2/p+1. The van der Waals surface area contributed by atoms with Gasteiger partial charge in [-0.1, -0.05) is 23.2 Å². The van der Waals surface area contributed by atoms with Gasteiger partial charge in [0, 0.05) is 6.07 Å². The Morgan fingerprint density at radius 2 is 1.85 bits per heavy atom. The van der Waals surface area contributed by atoms with Crippen LogP contribution in [0.25, 0.3) is 0 Å². The van der Waals surface area contributed by atoms with Crippen molar-refractivity contribution in [1.82, 2.24) is 0 Å². The first-order chi connectivity index (χ1) is 9.75. The summed E-state index contributed by atoms with van der Waals surface area (Å²) in [5.41, 5.74) is 0. The minimum absolute atomic E-state index is 0.501. The average Bonchev–Trinajstić information content (AvgIpc) is 2.47. The molecule has 0 bridgehead atoms. The third-order valence-electron chi connectivity index (χ3n) is 3.19. The van der Waals surface area contributed by atoms with Crippen molar-refractivity contribution >= 4 is 23.2 Å². The number of morpholine rings is 1. The molecular formula is C14H20Cl2NO3+. The Kier molecular flexibility index (Phi) is 6.90. The smallest absolute Gasteiger partial charge is 0.121 e. The highest BCUT2D eigenvalue weighted by Gasteiger charge is 2.12. The van der Waals surface area contributed by atoms with E-state index in [-0.39, 0.29) is 0 Å². The molecule has 1 fully saturated rings. The molecular weight excluding hydrogens is 301 g/mol. The van der Waals surface area contributed by atoms with Crippen LogP contribution in [-0.4, -0.2) is 52.7 Å². The van der Waals surface area contributed by atoms with Crippen LogP contribution in [0.4, 0.5) is 0 Å². The number of rotatable bonds is 7. The maximum atomic E-state index is 5.91. The van der Waals surface area contributed by atoms with E-state index in [2.05, 4.69) is 0 Å². The third-order valence-corrected chi connectivity index (χ3v) is 3.93. The summed E-state index contributed by atoms with van der Waals surface area (Å²) < 4.78 is 16.4. The maximum Gasteiger partial charge on any atom is 0.121 e. The molecule has 1 saturated heterocycles. The number of benzene rings is 1. The van der Waals surface area contributed by atoms with Crippen LogP contribution >= 0.6 is 23.2 Å². The van der Waals surface area contributed by atoms with Crippen LogP contribution in [-0.2, 0) is 9.47 Å². The van der Waals surface area contributed by atoms with Gasteiger partial charge in [-0.25, -0.2) is 0 Å². The van der Waals surface area contributed by atoms with Crippen molar-refractivity contribution in [3.8, 4) is 5.75 Å². The number of hydrogen-bond donors (Lipinski definition) is 1. The second kappa shape index (κ2) is 8.70. The molecule has 1 heterocycles. The summed E-state index contributed by atoms with van der Waals surface area (Å²) in [5.74, 6) is 0.710. The molecule has 0 amide bonds. The minimum Gasteiger partial charge on any atom is -0.491 e. The molecule has 0 unspecified atom stereocenters. The Balaban J connectivity index is 1.53. The summed E-state index contributed by atoms with van der Waals surface area (Å²) in [6.07, 6.45) is 0. The molecule has 0 aromatic heterocycles. The van der Waals surface area contributed by atoms with Gasteiger partial charge in [0.2, 0.25) is 0 Å². The molecule has 4 nitrogen and oxygen atoms in total. The van der Waals surface area contributed by atoms with Crippen LogP contribution < -0.4 is 9.64 Å². The Hall–Kier alpha value is -0.520. The number of quaternary nitrogens is 1. The van der Waals surface area contributed by atoms with Gasteiger partial charge in [-0.2, -0.15) is 0 Å². The molecule has 1 aromatic carbocycles. The molecule has 1 aromatic rings. The molecule has 1 aliphatic rings. The topological polar surface area (TPSA) is 32.1 Å². The summed E-state index contributed by atoms with van der Waals surface area (Å²) >= 11 is 11.7. The van der Waals surface area contributed by atoms with Crippen molar-refractivity contribution in [2.24, 2.45) is 0 Å². The fraction of sp³-hybridized carbons (Fsp3) is 0.571. The monoisotopic (exact) mass is 320 g/mol. The van der Waals surface area contributed by atoms with Gasteiger partial charge in [-0.05, 0) is 12.1 Å². The zero-order chi connectivity index (χ0) is 14.2. The fourth-order valence-electron chi connectivity index (χ4n) is 2.01. The van der Waals surface area contributed by atoms with Crippen LogP contribution in [0.5, 0.6) is 5.75 Å². The molecule has 2 rings (SSSR count). The Morgan fingerprint density at radius 1 is 1.05 bits per heavy atom. The molecule has 112 valence electrons. The Morgan fingerprint density at radius 3 is 2.60 bits per heavy atom. The van der Waals surface area contributed by atoms with Crippen molar-refractivity contribution in [3.63, 3.8) is 0 Å². The quantitative estimate of drug-likeness (QED) is 0.769. The van der Waals surface area contributed by atoms with E-state index < -0.39 is 0 Å². The lowest BCUT2D eigenvalue weighted by Crippen LogP contribution is -3.14. The van der Waals surface area contributed by atoms with E-state index in [0.29, 0.717) is 29.0 Å². The summed E-state index contributed by atoms with van der Waals surface area (Å²) in [5, 5.41) is 1.03. The number of hydrogen-bond acceptors (Lipinski definition) is 3. The summed E-state index contributed by atoms with van der Waals surface area (Å²) in [6, 6.07) is 5.23. The van der Waals surface area contributed by atoms with E-state index in [1.165, 1.54) is 0 Å². The van der Waals surface area contributed by atoms with Gasteiger partial charge in [0.1, 0.15) is 32.0 Å². The molecule has 0 aliphatic carbocycles. The largest absolute Gasteiger partial charge is 0.491 e. The van der Waals surface area contributed by atoms with Crippen LogP contribution in [0.1, 0.15) is 0 Å². The SMILES string of the molecule is Clc1ccc(OCCOCC[NH+]2CCOCC2)cc1Cl. The Labute approximate surface area is 129 Å². The zero-order valence-electron chi connectivity index (χ0n) is 11.4. The lowest BCUT2D eigenvalue weighted by Gasteiger charge is -2.23. The van der Waals surface area contributed by atoms with Crippen LogP contribution in [0.2, 0.25) is 10.0 Å². The molecule has 6 heteroatoms. The number of ether oxygens (including phenoxy) is 3. The molecule has 0 atom stereocenters. The van der Waals surface area contributed by atoms with Gasteiger partial charge in [-0.15, -0.1) is 0 Å². The van der Waals surface area contributed by atoms with Crippen molar-refractivity contribution < 1.29 is 19.1 Å². The van der Waals surface area contributed by atoms with E-state index >= 15 is 0 Å². The van der Waals surface area contributed by atoms with Gasteiger partial charge in [-0.3, -0.25) is 0 Å². The third kappa shape index (κ3) is 5.46. The van der Waals surface area contributed by atoms with E-state index in [4.69, 9.17) is 37.4 Å². The first-order valence-electron chi connectivity index (χ1n) is 6.82. The average molecular weight is 321 g/mol. The first kappa shape index (κ1) is 15.9. The van der Waals surface area contributed by atoms with E-state index in [1.54, 1.807) is 23.1 Å². The predicted octanol–water partition coefficient (Wildman–Crippen LogP) is 1.30. The normalized spacial score (nSPS) is 16.3. The first-order valence-corrected chi connectivity index (χ1v) is 7.58. The lowest BCUT2D eigenvalue weighted by atomic mass is 10.3. The zero-order valence-corrected chi connectivity index (χ0v) is 12.9. The Bertz CT molecular complexity index is 411. The van der Waals surface area contributed by atoms with Crippen LogP contribution in [0.3, 0.4) is 0 Å². The van der Waals surface area contributed by atoms with Crippen molar-refractivity contribution in [3.05, 3.63) is 28.2 Å². The van der Waals surface area contributed by atoms with Crippen molar-refractivity contribution in [2.75, 3.05) is 52.7 Å². The lowest BCUT2D eigenvalue weighted by molar-refractivity contribution is -0.908. The minimum atomic E-state index is 0.501. The summed E-state index contributed by atoms with van der Waals surface area (Å²) in [6.45, 7) is 6.72. The highest BCUT2D eigenvalue weighted by atomic mass is 35.5. The van der Waals surface area contributed by atoms with Crippen molar-refractivity contribution in [1.29, 1.82) is 0 Å². The molecule has 0 spiro atoms. The van der Waals surface area contributed by atoms with Crippen molar-refractivity contribution in [2.45, 2.75) is 0 Å². The highest BCUT2D eigenvalue weighted by molar-refractivity contribution is 6.42. The summed E-state index contributed by atoms with van der Waals surface area (Å²) in [4.78, 5) is 1.54. The van der Waals surface area contributed by atoms with E-state index in [9.17, 15) is 0 Å².